The Hall–Kier alpha value is -1.92. The lowest BCUT2D eigenvalue weighted by atomic mass is 10.2. The molecule has 1 aromatic carbocycles. The maximum absolute atomic E-state index is 12.4. The number of hydrogen-bond donors (Lipinski definition) is 2. The Bertz CT molecular complexity index is 576. The zero-order valence-corrected chi connectivity index (χ0v) is 11.4. The van der Waals surface area contributed by atoms with Gasteiger partial charge in [0.2, 0.25) is 5.91 Å². The molecule has 1 unspecified atom stereocenters. The normalized spacial score (nSPS) is 12.6. The molecule has 0 radical (unpaired) electrons. The largest absolute Gasteiger partial charge is 0.395 e. The summed E-state index contributed by atoms with van der Waals surface area (Å²) in [7, 11) is 0. The summed E-state index contributed by atoms with van der Waals surface area (Å²) in [5.74, 6) is -0.142. The van der Waals surface area contributed by atoms with Gasteiger partial charge in [0, 0.05) is 13.1 Å². The molecule has 2 aromatic rings. The van der Waals surface area contributed by atoms with Crippen molar-refractivity contribution in [3.63, 3.8) is 0 Å². The van der Waals surface area contributed by atoms with Crippen LogP contribution in [-0.4, -0.2) is 56.9 Å². The van der Waals surface area contributed by atoms with Crippen LogP contribution >= 0.6 is 0 Å². The molecular formula is C14H19N3O3. The molecule has 6 heteroatoms. The van der Waals surface area contributed by atoms with E-state index in [2.05, 4.69) is 4.98 Å². The van der Waals surface area contributed by atoms with Crippen molar-refractivity contribution in [2.24, 2.45) is 0 Å². The van der Waals surface area contributed by atoms with Crippen LogP contribution in [0, 0.1) is 0 Å². The van der Waals surface area contributed by atoms with Crippen LogP contribution in [0.2, 0.25) is 0 Å². The van der Waals surface area contributed by atoms with Crippen molar-refractivity contribution in [2.75, 3.05) is 26.3 Å². The van der Waals surface area contributed by atoms with Gasteiger partial charge in [0.05, 0.1) is 30.6 Å². The second kappa shape index (κ2) is 6.49. The lowest BCUT2D eigenvalue weighted by Crippen LogP contribution is -2.39. The van der Waals surface area contributed by atoms with Crippen LogP contribution in [0.25, 0.3) is 11.0 Å². The average Bonchev–Trinajstić information content (AvgIpc) is 2.89. The van der Waals surface area contributed by atoms with Crippen molar-refractivity contribution in [1.82, 2.24) is 14.5 Å². The molecular weight excluding hydrogens is 258 g/mol. The Labute approximate surface area is 117 Å². The Morgan fingerprint density at radius 1 is 1.30 bits per heavy atom. The molecule has 6 nitrogen and oxygen atoms in total. The van der Waals surface area contributed by atoms with Crippen LogP contribution in [0.15, 0.2) is 30.6 Å². The number of carbonyl (C=O) groups excluding carboxylic acids is 1. The van der Waals surface area contributed by atoms with E-state index in [1.165, 1.54) is 4.90 Å². The number of fused-ring (bicyclic) bond motifs is 1. The molecule has 0 saturated carbocycles. The number of amides is 1. The van der Waals surface area contributed by atoms with Crippen LogP contribution in [0.1, 0.15) is 13.0 Å². The van der Waals surface area contributed by atoms with Gasteiger partial charge in [0.15, 0.2) is 0 Å². The Morgan fingerprint density at radius 2 is 1.95 bits per heavy atom. The minimum absolute atomic E-state index is 0.122. The fourth-order valence-corrected chi connectivity index (χ4v) is 2.24. The lowest BCUT2D eigenvalue weighted by Gasteiger charge is -2.25. The van der Waals surface area contributed by atoms with E-state index in [0.29, 0.717) is 0 Å². The van der Waals surface area contributed by atoms with Gasteiger partial charge in [-0.3, -0.25) is 4.79 Å². The van der Waals surface area contributed by atoms with Gasteiger partial charge >= 0.3 is 0 Å². The van der Waals surface area contributed by atoms with Crippen molar-refractivity contribution in [1.29, 1.82) is 0 Å². The second-order valence-corrected chi connectivity index (χ2v) is 4.59. The summed E-state index contributed by atoms with van der Waals surface area (Å²) in [6.45, 7) is 1.98. The van der Waals surface area contributed by atoms with Gasteiger partial charge < -0.3 is 19.7 Å². The van der Waals surface area contributed by atoms with Crippen LogP contribution in [-0.2, 0) is 4.79 Å². The second-order valence-electron chi connectivity index (χ2n) is 4.59. The fraction of sp³-hybridized carbons (Fsp3) is 0.429. The van der Waals surface area contributed by atoms with Crippen molar-refractivity contribution < 1.29 is 15.0 Å². The molecule has 2 N–H and O–H groups in total. The minimum atomic E-state index is -0.430. The number of hydrogen-bond acceptors (Lipinski definition) is 4. The third-order valence-corrected chi connectivity index (χ3v) is 3.31. The summed E-state index contributed by atoms with van der Waals surface area (Å²) in [4.78, 5) is 18.1. The van der Waals surface area contributed by atoms with Gasteiger partial charge in [-0.05, 0) is 19.1 Å². The highest BCUT2D eigenvalue weighted by atomic mass is 16.3. The van der Waals surface area contributed by atoms with Gasteiger partial charge in [0.25, 0.3) is 0 Å². The molecule has 0 fully saturated rings. The van der Waals surface area contributed by atoms with Crippen molar-refractivity contribution in [3.05, 3.63) is 30.6 Å². The van der Waals surface area contributed by atoms with Crippen molar-refractivity contribution >= 4 is 16.9 Å². The van der Waals surface area contributed by atoms with Gasteiger partial charge in [-0.15, -0.1) is 0 Å². The molecule has 0 bridgehead atoms. The minimum Gasteiger partial charge on any atom is -0.395 e. The Morgan fingerprint density at radius 3 is 2.60 bits per heavy atom. The Balaban J connectivity index is 2.25. The average molecular weight is 277 g/mol. The number of aromatic nitrogens is 2. The molecule has 0 aliphatic rings. The summed E-state index contributed by atoms with van der Waals surface area (Å²) in [5, 5.41) is 18.0. The number of aliphatic hydroxyl groups is 2. The first kappa shape index (κ1) is 14.5. The number of nitrogens with zero attached hydrogens (tertiary/aromatic N) is 3. The summed E-state index contributed by atoms with van der Waals surface area (Å²) in [6.07, 6.45) is 1.64. The molecule has 0 aliphatic carbocycles. The van der Waals surface area contributed by atoms with Crippen LogP contribution in [0.3, 0.4) is 0 Å². The topological polar surface area (TPSA) is 78.6 Å². The molecule has 2 rings (SSSR count). The number of benzene rings is 1. The van der Waals surface area contributed by atoms with Crippen LogP contribution < -0.4 is 0 Å². The summed E-state index contributed by atoms with van der Waals surface area (Å²) in [6, 6.07) is 7.17. The van der Waals surface area contributed by atoms with Crippen LogP contribution in [0.5, 0.6) is 0 Å². The van der Waals surface area contributed by atoms with Crippen molar-refractivity contribution in [3.8, 4) is 0 Å². The smallest absolute Gasteiger partial charge is 0.245 e. The first-order valence-corrected chi connectivity index (χ1v) is 6.61. The van der Waals surface area contributed by atoms with Gasteiger partial charge in [-0.1, -0.05) is 12.1 Å². The van der Waals surface area contributed by atoms with E-state index >= 15 is 0 Å². The zero-order valence-electron chi connectivity index (χ0n) is 11.4. The van der Waals surface area contributed by atoms with E-state index in [9.17, 15) is 4.79 Å². The standard InChI is InChI=1S/C14H19N3O3/c1-11(14(20)16(6-8-18)7-9-19)17-10-15-12-4-2-3-5-13(12)17/h2-5,10-11,18-19H,6-9H2,1H3. The maximum atomic E-state index is 12.4. The molecule has 108 valence electrons. The SMILES string of the molecule is CC(C(=O)N(CCO)CCO)n1cnc2ccccc21. The summed E-state index contributed by atoms with van der Waals surface area (Å²) in [5.41, 5.74) is 1.73. The quantitative estimate of drug-likeness (QED) is 0.801. The number of rotatable bonds is 6. The predicted molar refractivity (Wildman–Crippen MR) is 75.2 cm³/mol. The van der Waals surface area contributed by atoms with E-state index in [1.54, 1.807) is 17.8 Å². The number of imidazole rings is 1. The number of carbonyl (C=O) groups is 1. The molecule has 0 spiro atoms. The molecule has 0 aliphatic heterocycles. The molecule has 1 aromatic heterocycles. The predicted octanol–water partition coefficient (Wildman–Crippen LogP) is 0.410. The van der Waals surface area contributed by atoms with Crippen LogP contribution in [0.4, 0.5) is 0 Å². The first-order chi connectivity index (χ1) is 9.69. The summed E-state index contributed by atoms with van der Waals surface area (Å²) >= 11 is 0. The highest BCUT2D eigenvalue weighted by Crippen LogP contribution is 2.18. The zero-order chi connectivity index (χ0) is 14.5. The fourth-order valence-electron chi connectivity index (χ4n) is 2.24. The molecule has 1 amide bonds. The van der Waals surface area contributed by atoms with Gasteiger partial charge in [0.1, 0.15) is 6.04 Å². The van der Waals surface area contributed by atoms with Gasteiger partial charge in [-0.2, -0.15) is 0 Å². The number of para-hydroxylation sites is 2. The van der Waals surface area contributed by atoms with E-state index < -0.39 is 6.04 Å². The van der Waals surface area contributed by atoms with E-state index in [-0.39, 0.29) is 32.2 Å². The molecule has 1 heterocycles. The first-order valence-electron chi connectivity index (χ1n) is 6.61. The lowest BCUT2D eigenvalue weighted by molar-refractivity contribution is -0.135. The summed E-state index contributed by atoms with van der Waals surface area (Å²) < 4.78 is 1.80. The highest BCUT2D eigenvalue weighted by Gasteiger charge is 2.22. The van der Waals surface area contributed by atoms with Crippen molar-refractivity contribution in [2.45, 2.75) is 13.0 Å². The maximum Gasteiger partial charge on any atom is 0.245 e. The van der Waals surface area contributed by atoms with E-state index in [4.69, 9.17) is 10.2 Å². The monoisotopic (exact) mass is 277 g/mol. The third kappa shape index (κ3) is 2.81. The molecule has 1 atom stereocenters. The van der Waals surface area contributed by atoms with E-state index in [0.717, 1.165) is 11.0 Å². The van der Waals surface area contributed by atoms with E-state index in [1.807, 2.05) is 24.3 Å². The Kier molecular flexibility index (Phi) is 4.70. The number of aliphatic hydroxyl groups excluding tert-OH is 2. The molecule has 0 saturated heterocycles. The third-order valence-electron chi connectivity index (χ3n) is 3.31. The highest BCUT2D eigenvalue weighted by molar-refractivity contribution is 5.83. The molecule has 20 heavy (non-hydrogen) atoms. The van der Waals surface area contributed by atoms with Gasteiger partial charge in [-0.25, -0.2) is 4.98 Å².